The molecule has 4 rings (SSSR count). The maximum Gasteiger partial charge on any atom is 0.261 e. The van der Waals surface area contributed by atoms with Gasteiger partial charge in [0.15, 0.2) is 0 Å². The fourth-order valence-corrected chi connectivity index (χ4v) is 3.74. The summed E-state index contributed by atoms with van der Waals surface area (Å²) in [7, 11) is 0. The second-order valence-corrected chi connectivity index (χ2v) is 6.93. The van der Waals surface area contributed by atoms with Gasteiger partial charge in [-0.05, 0) is 31.9 Å². The Labute approximate surface area is 159 Å². The van der Waals surface area contributed by atoms with E-state index in [1.54, 1.807) is 6.20 Å². The first-order valence-electron chi connectivity index (χ1n) is 9.45. The van der Waals surface area contributed by atoms with E-state index >= 15 is 0 Å². The van der Waals surface area contributed by atoms with Crippen molar-refractivity contribution in [1.29, 1.82) is 0 Å². The maximum atomic E-state index is 13.3. The van der Waals surface area contributed by atoms with Crippen molar-refractivity contribution in [2.75, 3.05) is 11.6 Å². The number of aromatic nitrogens is 2. The predicted octanol–water partition coefficient (Wildman–Crippen LogP) is 3.98. The Morgan fingerprint density at radius 1 is 1.07 bits per heavy atom. The van der Waals surface area contributed by atoms with Crippen molar-refractivity contribution in [3.05, 3.63) is 73.1 Å². The fraction of sp³-hybridized carbons (Fsp3) is 0.273. The Kier molecular flexibility index (Phi) is 4.92. The molecule has 0 radical (unpaired) electrons. The molecule has 0 N–H and O–H groups in total. The number of carbonyl (C=O) groups is 1. The average Bonchev–Trinajstić information content (AvgIpc) is 3.17. The van der Waals surface area contributed by atoms with Gasteiger partial charge in [-0.1, -0.05) is 48.5 Å². The molecule has 1 aromatic heterocycles. The normalized spacial score (nSPS) is 17.1. The van der Waals surface area contributed by atoms with Crippen LogP contribution in [0.1, 0.15) is 19.8 Å². The van der Waals surface area contributed by atoms with E-state index in [0.29, 0.717) is 0 Å². The highest BCUT2D eigenvalue weighted by Gasteiger charge is 2.30. The number of carbonyl (C=O) groups excluding carboxylic acids is 1. The lowest BCUT2D eigenvalue weighted by Gasteiger charge is -2.44. The molecule has 1 aliphatic heterocycles. The van der Waals surface area contributed by atoms with Gasteiger partial charge in [-0.3, -0.25) is 9.80 Å². The topological polar surface area (TPSA) is 41.4 Å². The van der Waals surface area contributed by atoms with Crippen molar-refractivity contribution in [2.45, 2.75) is 32.4 Å². The zero-order valence-corrected chi connectivity index (χ0v) is 15.5. The number of hydrogen-bond donors (Lipinski definition) is 0. The van der Waals surface area contributed by atoms with E-state index in [1.165, 1.54) is 0 Å². The lowest BCUT2D eigenvalue weighted by molar-refractivity contribution is -0.135. The van der Waals surface area contributed by atoms with E-state index in [1.807, 2.05) is 64.3 Å². The van der Waals surface area contributed by atoms with Crippen molar-refractivity contribution in [2.24, 2.45) is 0 Å². The Hall–Kier alpha value is -3.08. The molecule has 0 bridgehead atoms. The van der Waals surface area contributed by atoms with Gasteiger partial charge in [-0.2, -0.15) is 0 Å². The van der Waals surface area contributed by atoms with Crippen molar-refractivity contribution in [1.82, 2.24) is 14.6 Å². The first-order valence-corrected chi connectivity index (χ1v) is 9.45. The Bertz CT molecular complexity index is 891. The highest BCUT2D eigenvalue weighted by atomic mass is 16.2. The SMILES string of the molecule is CC1CCCN(c2ccccc2)N1C(=O)Cn1ccnc1-c1ccccc1. The number of hydrogen-bond acceptors (Lipinski definition) is 3. The van der Waals surface area contributed by atoms with E-state index in [0.717, 1.165) is 36.5 Å². The van der Waals surface area contributed by atoms with Gasteiger partial charge in [-0.15, -0.1) is 0 Å². The van der Waals surface area contributed by atoms with E-state index in [4.69, 9.17) is 0 Å². The summed E-state index contributed by atoms with van der Waals surface area (Å²) in [5, 5.41) is 4.04. The zero-order chi connectivity index (χ0) is 18.6. The zero-order valence-electron chi connectivity index (χ0n) is 15.5. The van der Waals surface area contributed by atoms with Gasteiger partial charge in [0.05, 0.1) is 11.7 Å². The smallest absolute Gasteiger partial charge is 0.261 e. The van der Waals surface area contributed by atoms with Crippen LogP contribution in [0.5, 0.6) is 0 Å². The van der Waals surface area contributed by atoms with Crippen LogP contribution in [0.15, 0.2) is 73.1 Å². The standard InChI is InChI=1S/C22H24N4O/c1-18-9-8-15-25(20-12-6-3-7-13-20)26(18)21(27)17-24-16-14-23-22(24)19-10-4-2-5-11-19/h2-7,10-14,16,18H,8-9,15,17H2,1H3. The third-order valence-electron chi connectivity index (χ3n) is 5.03. The minimum atomic E-state index is 0.0845. The number of anilines is 1. The third kappa shape index (κ3) is 3.58. The molecule has 27 heavy (non-hydrogen) atoms. The van der Waals surface area contributed by atoms with Gasteiger partial charge >= 0.3 is 0 Å². The van der Waals surface area contributed by atoms with Gasteiger partial charge in [-0.25, -0.2) is 9.99 Å². The van der Waals surface area contributed by atoms with E-state index < -0.39 is 0 Å². The molecule has 0 spiro atoms. The van der Waals surface area contributed by atoms with Crippen molar-refractivity contribution >= 4 is 11.6 Å². The molecular formula is C22H24N4O. The highest BCUT2D eigenvalue weighted by Crippen LogP contribution is 2.26. The maximum absolute atomic E-state index is 13.3. The van der Waals surface area contributed by atoms with Crippen molar-refractivity contribution in [3.63, 3.8) is 0 Å². The number of benzene rings is 2. The quantitative estimate of drug-likeness (QED) is 0.707. The van der Waals surface area contributed by atoms with Gasteiger partial charge in [0.2, 0.25) is 0 Å². The monoisotopic (exact) mass is 360 g/mol. The Morgan fingerprint density at radius 3 is 2.52 bits per heavy atom. The molecular weight excluding hydrogens is 336 g/mol. The Morgan fingerprint density at radius 2 is 1.78 bits per heavy atom. The molecule has 5 heteroatoms. The second-order valence-electron chi connectivity index (χ2n) is 6.93. The first-order chi connectivity index (χ1) is 13.2. The van der Waals surface area contributed by atoms with Crippen LogP contribution in [-0.4, -0.2) is 33.1 Å². The van der Waals surface area contributed by atoms with Crippen LogP contribution in [0.4, 0.5) is 5.69 Å². The molecule has 3 aromatic rings. The first kappa shape index (κ1) is 17.3. The molecule has 1 amide bonds. The van der Waals surface area contributed by atoms with Crippen LogP contribution in [-0.2, 0) is 11.3 Å². The molecule has 2 heterocycles. The van der Waals surface area contributed by atoms with Crippen molar-refractivity contribution in [3.8, 4) is 11.4 Å². The summed E-state index contributed by atoms with van der Waals surface area (Å²) in [5.41, 5.74) is 2.08. The molecule has 0 saturated carbocycles. The molecule has 1 saturated heterocycles. The molecule has 1 aliphatic rings. The lowest BCUT2D eigenvalue weighted by Crippen LogP contribution is -2.56. The van der Waals surface area contributed by atoms with Crippen LogP contribution >= 0.6 is 0 Å². The summed E-state index contributed by atoms with van der Waals surface area (Å²) in [6.07, 6.45) is 5.73. The molecule has 2 aromatic carbocycles. The molecule has 1 atom stereocenters. The molecule has 0 aliphatic carbocycles. The van der Waals surface area contributed by atoms with Crippen molar-refractivity contribution < 1.29 is 4.79 Å². The number of imidazole rings is 1. The number of hydrazine groups is 1. The van der Waals surface area contributed by atoms with Crippen LogP contribution < -0.4 is 5.01 Å². The third-order valence-corrected chi connectivity index (χ3v) is 5.03. The molecule has 138 valence electrons. The number of amides is 1. The van der Waals surface area contributed by atoms with Gasteiger partial charge in [0.1, 0.15) is 12.4 Å². The van der Waals surface area contributed by atoms with E-state index in [9.17, 15) is 4.79 Å². The summed E-state index contributed by atoms with van der Waals surface area (Å²) in [6.45, 7) is 3.26. The van der Waals surface area contributed by atoms with Crippen LogP contribution in [0.3, 0.4) is 0 Å². The Balaban J connectivity index is 1.59. The largest absolute Gasteiger partial charge is 0.321 e. The summed E-state index contributed by atoms with van der Waals surface area (Å²) < 4.78 is 1.93. The number of nitrogens with zero attached hydrogens (tertiary/aromatic N) is 4. The highest BCUT2D eigenvalue weighted by molar-refractivity contribution is 5.79. The number of rotatable bonds is 4. The number of para-hydroxylation sites is 1. The second kappa shape index (κ2) is 7.66. The van der Waals surface area contributed by atoms with E-state index in [2.05, 4.69) is 29.0 Å². The van der Waals surface area contributed by atoms with Gasteiger partial charge in [0.25, 0.3) is 5.91 Å². The minimum absolute atomic E-state index is 0.0845. The molecule has 1 unspecified atom stereocenters. The fourth-order valence-electron chi connectivity index (χ4n) is 3.74. The lowest BCUT2D eigenvalue weighted by atomic mass is 10.1. The minimum Gasteiger partial charge on any atom is -0.321 e. The molecule has 5 nitrogen and oxygen atoms in total. The summed E-state index contributed by atoms with van der Waals surface area (Å²) in [6, 6.07) is 20.3. The van der Waals surface area contributed by atoms with E-state index in [-0.39, 0.29) is 18.5 Å². The average molecular weight is 360 g/mol. The van der Waals surface area contributed by atoms with Crippen LogP contribution in [0.25, 0.3) is 11.4 Å². The van der Waals surface area contributed by atoms with Crippen LogP contribution in [0, 0.1) is 0 Å². The predicted molar refractivity (Wildman–Crippen MR) is 107 cm³/mol. The summed E-state index contributed by atoms with van der Waals surface area (Å²) in [5.74, 6) is 0.904. The summed E-state index contributed by atoms with van der Waals surface area (Å²) in [4.78, 5) is 17.7. The van der Waals surface area contributed by atoms with Crippen LogP contribution in [0.2, 0.25) is 0 Å². The summed E-state index contributed by atoms with van der Waals surface area (Å²) >= 11 is 0. The van der Waals surface area contributed by atoms with Gasteiger partial charge in [0, 0.05) is 24.5 Å². The van der Waals surface area contributed by atoms with Gasteiger partial charge < -0.3 is 4.57 Å². The molecule has 1 fully saturated rings.